The molecule has 0 aromatic heterocycles. The highest BCUT2D eigenvalue weighted by atomic mass is 16.6. The molecule has 0 saturated heterocycles. The van der Waals surface area contributed by atoms with Crippen LogP contribution in [0.2, 0.25) is 0 Å². The molecular weight excluding hydrogens is 158 g/mol. The standard InChI is InChI=1S/C8H11NO3/c1-6-5-7(9(11)12)3-4-8(6,2)10/h3-6,10H,1-2H3. The molecule has 2 unspecified atom stereocenters. The molecule has 1 aliphatic rings. The van der Waals surface area contributed by atoms with Gasteiger partial charge in [0.1, 0.15) is 0 Å². The fourth-order valence-corrected chi connectivity index (χ4v) is 1.01. The van der Waals surface area contributed by atoms with Crippen LogP contribution < -0.4 is 0 Å². The molecule has 1 N–H and O–H groups in total. The minimum Gasteiger partial charge on any atom is -0.385 e. The van der Waals surface area contributed by atoms with Gasteiger partial charge in [-0.2, -0.15) is 0 Å². The van der Waals surface area contributed by atoms with E-state index < -0.39 is 10.5 Å². The Morgan fingerprint density at radius 3 is 2.75 bits per heavy atom. The normalized spacial score (nSPS) is 34.6. The second kappa shape index (κ2) is 2.71. The zero-order valence-electron chi connectivity index (χ0n) is 7.02. The molecule has 0 saturated carbocycles. The number of hydrogen-bond acceptors (Lipinski definition) is 3. The van der Waals surface area contributed by atoms with Gasteiger partial charge in [-0.3, -0.25) is 10.1 Å². The second-order valence-corrected chi connectivity index (χ2v) is 3.20. The molecule has 12 heavy (non-hydrogen) atoms. The van der Waals surface area contributed by atoms with E-state index in [0.717, 1.165) is 0 Å². The molecule has 0 aliphatic heterocycles. The lowest BCUT2D eigenvalue weighted by molar-refractivity contribution is -0.420. The number of rotatable bonds is 1. The third-order valence-electron chi connectivity index (χ3n) is 2.14. The third-order valence-corrected chi connectivity index (χ3v) is 2.14. The first-order valence-corrected chi connectivity index (χ1v) is 3.71. The summed E-state index contributed by atoms with van der Waals surface area (Å²) >= 11 is 0. The van der Waals surface area contributed by atoms with Gasteiger partial charge >= 0.3 is 0 Å². The van der Waals surface area contributed by atoms with Crippen molar-refractivity contribution in [3.05, 3.63) is 34.0 Å². The van der Waals surface area contributed by atoms with Crippen LogP contribution in [0.3, 0.4) is 0 Å². The van der Waals surface area contributed by atoms with Gasteiger partial charge in [0.15, 0.2) is 0 Å². The average Bonchev–Trinajstić information content (AvgIpc) is 1.94. The van der Waals surface area contributed by atoms with Crippen LogP contribution in [0.5, 0.6) is 0 Å². The van der Waals surface area contributed by atoms with Crippen molar-refractivity contribution >= 4 is 0 Å². The van der Waals surface area contributed by atoms with Crippen molar-refractivity contribution in [1.29, 1.82) is 0 Å². The molecule has 0 aromatic rings. The van der Waals surface area contributed by atoms with Gasteiger partial charge < -0.3 is 5.11 Å². The molecule has 1 rings (SSSR count). The van der Waals surface area contributed by atoms with Crippen molar-refractivity contribution in [2.24, 2.45) is 5.92 Å². The van der Waals surface area contributed by atoms with Crippen molar-refractivity contribution in [3.63, 3.8) is 0 Å². The van der Waals surface area contributed by atoms with E-state index in [1.807, 2.05) is 0 Å². The molecule has 0 spiro atoms. The van der Waals surface area contributed by atoms with Crippen LogP contribution in [0.4, 0.5) is 0 Å². The van der Waals surface area contributed by atoms with E-state index in [4.69, 9.17) is 0 Å². The lowest BCUT2D eigenvalue weighted by Crippen LogP contribution is -2.31. The van der Waals surface area contributed by atoms with Gasteiger partial charge in [0, 0.05) is 12.0 Å². The Hall–Kier alpha value is -1.16. The first-order chi connectivity index (χ1) is 5.43. The summed E-state index contributed by atoms with van der Waals surface area (Å²) in [5.41, 5.74) is -0.909. The largest absolute Gasteiger partial charge is 0.385 e. The van der Waals surface area contributed by atoms with Crippen LogP contribution >= 0.6 is 0 Å². The number of nitro groups is 1. The maximum Gasteiger partial charge on any atom is 0.265 e. The molecule has 1 aliphatic carbocycles. The monoisotopic (exact) mass is 169 g/mol. The van der Waals surface area contributed by atoms with Gasteiger partial charge in [-0.05, 0) is 19.1 Å². The van der Waals surface area contributed by atoms with Crippen molar-refractivity contribution in [1.82, 2.24) is 0 Å². The first-order valence-electron chi connectivity index (χ1n) is 3.71. The quantitative estimate of drug-likeness (QED) is 0.472. The molecule has 0 bridgehead atoms. The minimum absolute atomic E-state index is 0.0500. The van der Waals surface area contributed by atoms with E-state index in [1.54, 1.807) is 13.8 Å². The van der Waals surface area contributed by atoms with Gasteiger partial charge in [0.2, 0.25) is 0 Å². The van der Waals surface area contributed by atoms with Gasteiger partial charge in [-0.15, -0.1) is 0 Å². The summed E-state index contributed by atoms with van der Waals surface area (Å²) in [5, 5.41) is 19.9. The molecule has 0 radical (unpaired) electrons. The van der Waals surface area contributed by atoms with Crippen LogP contribution in [-0.2, 0) is 0 Å². The fraction of sp³-hybridized carbons (Fsp3) is 0.500. The predicted octanol–water partition coefficient (Wildman–Crippen LogP) is 1.10. The van der Waals surface area contributed by atoms with Crippen LogP contribution in [0.1, 0.15) is 13.8 Å². The summed E-state index contributed by atoms with van der Waals surface area (Å²) in [6, 6.07) is 0. The molecule has 0 aromatic carbocycles. The summed E-state index contributed by atoms with van der Waals surface area (Å²) in [5.74, 6) is -0.220. The topological polar surface area (TPSA) is 63.4 Å². The second-order valence-electron chi connectivity index (χ2n) is 3.20. The van der Waals surface area contributed by atoms with Gasteiger partial charge in [-0.1, -0.05) is 6.92 Å². The Morgan fingerprint density at radius 1 is 1.75 bits per heavy atom. The summed E-state index contributed by atoms with van der Waals surface area (Å²) in [4.78, 5) is 9.86. The Bertz CT molecular complexity index is 265. The predicted molar refractivity (Wildman–Crippen MR) is 44.0 cm³/mol. The van der Waals surface area contributed by atoms with E-state index >= 15 is 0 Å². The van der Waals surface area contributed by atoms with Crippen LogP contribution in [0.15, 0.2) is 23.9 Å². The van der Waals surface area contributed by atoms with Gasteiger partial charge in [0.25, 0.3) is 5.70 Å². The highest BCUT2D eigenvalue weighted by molar-refractivity contribution is 5.24. The van der Waals surface area contributed by atoms with Crippen LogP contribution in [0.25, 0.3) is 0 Å². The molecule has 0 amide bonds. The van der Waals surface area contributed by atoms with Crippen molar-refractivity contribution in [3.8, 4) is 0 Å². The Balaban J connectivity index is 2.91. The van der Waals surface area contributed by atoms with Crippen molar-refractivity contribution in [2.75, 3.05) is 0 Å². The Kier molecular flexibility index (Phi) is 2.02. The van der Waals surface area contributed by atoms with Crippen molar-refractivity contribution in [2.45, 2.75) is 19.4 Å². The number of hydrogen-bond donors (Lipinski definition) is 1. The lowest BCUT2D eigenvalue weighted by Gasteiger charge is -2.26. The van der Waals surface area contributed by atoms with Gasteiger partial charge in [0.05, 0.1) is 10.5 Å². The maximum atomic E-state index is 10.3. The maximum absolute atomic E-state index is 10.3. The van der Waals surface area contributed by atoms with Gasteiger partial charge in [-0.25, -0.2) is 0 Å². The van der Waals surface area contributed by atoms with E-state index in [0.29, 0.717) is 0 Å². The Labute approximate surface area is 70.4 Å². The summed E-state index contributed by atoms with van der Waals surface area (Å²) in [6.45, 7) is 3.37. The molecule has 4 nitrogen and oxygen atoms in total. The summed E-state index contributed by atoms with van der Waals surface area (Å²) in [7, 11) is 0. The highest BCUT2D eigenvalue weighted by Crippen LogP contribution is 2.26. The molecule has 4 heteroatoms. The average molecular weight is 169 g/mol. The first kappa shape index (κ1) is 8.93. The van der Waals surface area contributed by atoms with E-state index in [2.05, 4.69) is 0 Å². The van der Waals surface area contributed by atoms with E-state index in [-0.39, 0.29) is 11.6 Å². The number of nitrogens with zero attached hydrogens (tertiary/aromatic N) is 1. The molecule has 0 fully saturated rings. The molecular formula is C8H11NO3. The number of allylic oxidation sites excluding steroid dienone is 1. The highest BCUT2D eigenvalue weighted by Gasteiger charge is 2.29. The third kappa shape index (κ3) is 1.53. The summed E-state index contributed by atoms with van der Waals surface area (Å²) in [6.07, 6.45) is 4.25. The lowest BCUT2D eigenvalue weighted by atomic mass is 9.86. The number of aliphatic hydroxyl groups is 1. The zero-order valence-corrected chi connectivity index (χ0v) is 7.02. The molecule has 0 heterocycles. The zero-order chi connectivity index (χ0) is 9.35. The van der Waals surface area contributed by atoms with E-state index in [9.17, 15) is 15.2 Å². The molecule has 66 valence electrons. The van der Waals surface area contributed by atoms with Crippen LogP contribution in [-0.4, -0.2) is 15.6 Å². The Morgan fingerprint density at radius 2 is 2.33 bits per heavy atom. The van der Waals surface area contributed by atoms with Crippen molar-refractivity contribution < 1.29 is 10.0 Å². The van der Waals surface area contributed by atoms with E-state index in [1.165, 1.54) is 18.2 Å². The van der Waals surface area contributed by atoms with Crippen LogP contribution in [0, 0.1) is 16.0 Å². The fourth-order valence-electron chi connectivity index (χ4n) is 1.01. The smallest absolute Gasteiger partial charge is 0.265 e. The SMILES string of the molecule is CC1C=C([N+](=O)[O-])C=CC1(C)O. The summed E-state index contributed by atoms with van der Waals surface area (Å²) < 4.78 is 0. The minimum atomic E-state index is -0.959. The molecule has 2 atom stereocenters.